The van der Waals surface area contributed by atoms with Crippen LogP contribution >= 0.6 is 35.1 Å². The van der Waals surface area contributed by atoms with Crippen molar-refractivity contribution in [1.82, 2.24) is 49.6 Å². The Bertz CT molecular complexity index is 1500. The van der Waals surface area contributed by atoms with Crippen molar-refractivity contribution in [2.75, 3.05) is 57.0 Å². The van der Waals surface area contributed by atoms with Gasteiger partial charge in [-0.2, -0.15) is 9.36 Å². The Balaban J connectivity index is 1.07. The number of likely N-dealkylation sites (N-methyl/N-ethyl adjacent to an activating group) is 1. The van der Waals surface area contributed by atoms with Gasteiger partial charge in [-0.05, 0) is 55.2 Å². The Kier molecular flexibility index (Phi) is 10.4. The fourth-order valence-corrected chi connectivity index (χ4v) is 8.57. The Morgan fingerprint density at radius 1 is 1.20 bits per heavy atom. The molecule has 3 fully saturated rings. The van der Waals surface area contributed by atoms with Crippen molar-refractivity contribution in [2.45, 2.75) is 61.3 Å². The van der Waals surface area contributed by atoms with E-state index in [0.29, 0.717) is 28.8 Å². The molecule has 17 nitrogen and oxygen atoms in total. The SMILES string of the molecule is CN1CCN(CCCn2nnnc2SCC2=C(C(=O)O)N3C(=O)C(NC(=O)/C(=N/OC4CCCC4)c4nsc(N)n4)C3SC2)CC1. The second-order valence-electron chi connectivity index (χ2n) is 11.5. The predicted octanol–water partition coefficient (Wildman–Crippen LogP) is -0.0615. The quantitative estimate of drug-likeness (QED) is 0.109. The molecular weight excluding hydrogens is 657 g/mol. The van der Waals surface area contributed by atoms with Gasteiger partial charge in [-0.3, -0.25) is 14.5 Å². The first-order valence-electron chi connectivity index (χ1n) is 15.1. The molecule has 0 bridgehead atoms. The molecule has 3 aliphatic heterocycles. The van der Waals surface area contributed by atoms with Crippen LogP contribution in [0.3, 0.4) is 0 Å². The lowest BCUT2D eigenvalue weighted by Crippen LogP contribution is -2.71. The zero-order valence-corrected chi connectivity index (χ0v) is 27.7. The lowest BCUT2D eigenvalue weighted by atomic mass is 10.0. The molecule has 2 aromatic heterocycles. The Morgan fingerprint density at radius 3 is 2.70 bits per heavy atom. The lowest BCUT2D eigenvalue weighted by Gasteiger charge is -2.49. The van der Waals surface area contributed by atoms with Gasteiger partial charge in [0.15, 0.2) is 5.13 Å². The highest BCUT2D eigenvalue weighted by Gasteiger charge is 2.54. The highest BCUT2D eigenvalue weighted by atomic mass is 32.2. The molecule has 2 atom stereocenters. The topological polar surface area (TPSA) is 210 Å². The van der Waals surface area contributed by atoms with Crippen LogP contribution in [0.5, 0.6) is 0 Å². The van der Waals surface area contributed by atoms with Gasteiger partial charge in [0.25, 0.3) is 11.8 Å². The number of amides is 2. The van der Waals surface area contributed by atoms with Crippen LogP contribution in [0.2, 0.25) is 0 Å². The van der Waals surface area contributed by atoms with Crippen molar-refractivity contribution in [3.8, 4) is 0 Å². The summed E-state index contributed by atoms with van der Waals surface area (Å²) in [5, 5.41) is 29.1. The monoisotopic (exact) mass is 692 g/mol. The molecule has 1 saturated carbocycles. The first-order valence-corrected chi connectivity index (χ1v) is 17.9. The fraction of sp³-hybridized carbons (Fsp3) is 0.654. The van der Waals surface area contributed by atoms with E-state index in [1.54, 1.807) is 4.68 Å². The van der Waals surface area contributed by atoms with Crippen molar-refractivity contribution in [3.05, 3.63) is 17.1 Å². The van der Waals surface area contributed by atoms with Gasteiger partial charge in [-0.15, -0.1) is 16.9 Å². The maximum Gasteiger partial charge on any atom is 0.352 e. The number of carbonyl (C=O) groups excluding carboxylic acids is 2. The summed E-state index contributed by atoms with van der Waals surface area (Å²) in [7, 11) is 2.13. The number of aromatic nitrogens is 6. The number of nitrogen functional groups attached to an aromatic ring is 1. The number of carbonyl (C=O) groups is 3. The summed E-state index contributed by atoms with van der Waals surface area (Å²) in [6, 6.07) is -0.957. The number of thioether (sulfide) groups is 2. The van der Waals surface area contributed by atoms with Crippen molar-refractivity contribution in [1.29, 1.82) is 0 Å². The van der Waals surface area contributed by atoms with Gasteiger partial charge in [0.2, 0.25) is 16.7 Å². The van der Waals surface area contributed by atoms with Crippen LogP contribution in [0, 0.1) is 0 Å². The van der Waals surface area contributed by atoms with E-state index in [0.717, 1.165) is 76.4 Å². The number of nitrogens with two attached hydrogens (primary N) is 1. The number of rotatable bonds is 13. The number of fused-ring (bicyclic) bond motifs is 1. The maximum atomic E-state index is 13.3. The number of β-lactam (4-membered cyclic amide) rings is 1. The molecule has 2 aromatic rings. The van der Waals surface area contributed by atoms with E-state index in [1.807, 2.05) is 0 Å². The summed E-state index contributed by atoms with van der Waals surface area (Å²) in [6.45, 7) is 5.80. The van der Waals surface area contributed by atoms with Crippen molar-refractivity contribution < 1.29 is 24.3 Å². The van der Waals surface area contributed by atoms with Crippen LogP contribution in [0.25, 0.3) is 0 Å². The number of tetrazole rings is 1. The van der Waals surface area contributed by atoms with Crippen molar-refractivity contribution in [2.24, 2.45) is 5.16 Å². The molecule has 20 heteroatoms. The number of aryl methyl sites for hydroxylation is 1. The fourth-order valence-electron chi connectivity index (χ4n) is 5.75. The molecule has 1 aliphatic carbocycles. The number of hydrogen-bond acceptors (Lipinski definition) is 16. The third kappa shape index (κ3) is 7.29. The normalized spacial score (nSPS) is 23.0. The zero-order valence-electron chi connectivity index (χ0n) is 25.3. The third-order valence-electron chi connectivity index (χ3n) is 8.31. The summed E-state index contributed by atoms with van der Waals surface area (Å²) >= 11 is 3.63. The summed E-state index contributed by atoms with van der Waals surface area (Å²) in [4.78, 5) is 54.7. The number of nitrogens with one attached hydrogen (secondary N) is 1. The Hall–Kier alpha value is -3.33. The highest BCUT2D eigenvalue weighted by molar-refractivity contribution is 8.01. The number of nitrogens with zero attached hydrogens (tertiary/aromatic N) is 10. The number of anilines is 1. The first kappa shape index (κ1) is 32.6. The van der Waals surface area contributed by atoms with Gasteiger partial charge in [0.1, 0.15) is 23.2 Å². The van der Waals surface area contributed by atoms with Crippen molar-refractivity contribution >= 4 is 63.7 Å². The van der Waals surface area contributed by atoms with Gasteiger partial charge in [-0.25, -0.2) is 9.48 Å². The predicted molar refractivity (Wildman–Crippen MR) is 171 cm³/mol. The smallest absolute Gasteiger partial charge is 0.352 e. The molecule has 2 amide bonds. The minimum atomic E-state index is -1.21. The second kappa shape index (κ2) is 14.6. The number of piperazine rings is 1. The summed E-state index contributed by atoms with van der Waals surface area (Å²) < 4.78 is 5.83. The maximum absolute atomic E-state index is 13.3. The average molecular weight is 693 g/mol. The van der Waals surface area contributed by atoms with Gasteiger partial charge < -0.3 is 30.8 Å². The van der Waals surface area contributed by atoms with Crippen LogP contribution in [-0.4, -0.2) is 142 Å². The van der Waals surface area contributed by atoms with Gasteiger partial charge in [-0.1, -0.05) is 16.9 Å². The number of oxime groups is 1. The van der Waals surface area contributed by atoms with Gasteiger partial charge in [0.05, 0.1) is 0 Å². The Labute approximate surface area is 277 Å². The molecule has 4 N–H and O–H groups in total. The second-order valence-corrected chi connectivity index (χ2v) is 14.3. The van der Waals surface area contributed by atoms with Crippen molar-refractivity contribution in [3.63, 3.8) is 0 Å². The van der Waals surface area contributed by atoms with Crippen LogP contribution in [0.15, 0.2) is 21.6 Å². The molecule has 0 aromatic carbocycles. The Morgan fingerprint density at radius 2 is 1.98 bits per heavy atom. The lowest BCUT2D eigenvalue weighted by molar-refractivity contribution is -0.150. The van der Waals surface area contributed by atoms with E-state index >= 15 is 0 Å². The molecule has 0 radical (unpaired) electrons. The molecule has 2 unspecified atom stereocenters. The molecule has 0 spiro atoms. The van der Waals surface area contributed by atoms with Crippen LogP contribution in [0.4, 0.5) is 5.13 Å². The molecule has 2 saturated heterocycles. The van der Waals surface area contributed by atoms with E-state index < -0.39 is 29.2 Å². The number of hydrogen-bond donors (Lipinski definition) is 3. The van der Waals surface area contributed by atoms with Gasteiger partial charge in [0, 0.05) is 62.3 Å². The molecule has 4 aliphatic rings. The first-order chi connectivity index (χ1) is 22.3. The van der Waals surface area contributed by atoms with E-state index in [4.69, 9.17) is 10.6 Å². The minimum Gasteiger partial charge on any atom is -0.477 e. The zero-order chi connectivity index (χ0) is 32.2. The van der Waals surface area contributed by atoms with E-state index in [-0.39, 0.29) is 28.5 Å². The molecule has 46 heavy (non-hydrogen) atoms. The van der Waals surface area contributed by atoms with E-state index in [1.165, 1.54) is 28.4 Å². The van der Waals surface area contributed by atoms with Crippen LogP contribution in [0.1, 0.15) is 37.9 Å². The molecule has 248 valence electrons. The largest absolute Gasteiger partial charge is 0.477 e. The number of aliphatic carboxylic acids is 1. The summed E-state index contributed by atoms with van der Waals surface area (Å²) in [5.74, 6) is -1.77. The standard InChI is InChI=1S/C26H36N12O5S3/c1-35-9-11-36(12-10-35)7-4-8-37-26(30-33-34-37)45-14-15-13-44-23-18(22(40)38(23)19(15)24(41)42)28-21(39)17(20-29-25(27)46-32-20)31-43-16-5-2-3-6-16/h16,18,23H,2-14H2,1H3,(H,28,39)(H,41,42)(H2,27,29,32)/b31-17+. The summed E-state index contributed by atoms with van der Waals surface area (Å²) in [5.41, 5.74) is 6.06. The molecule has 6 rings (SSSR count). The molecular formula is C26H36N12O5S3. The number of carboxylic acids is 1. The van der Waals surface area contributed by atoms with Gasteiger partial charge >= 0.3 is 5.97 Å². The minimum absolute atomic E-state index is 0.00465. The van der Waals surface area contributed by atoms with Crippen LogP contribution < -0.4 is 11.1 Å². The summed E-state index contributed by atoms with van der Waals surface area (Å²) in [6.07, 6.45) is 4.47. The average Bonchev–Trinajstić information content (AvgIpc) is 3.82. The van der Waals surface area contributed by atoms with E-state index in [9.17, 15) is 19.5 Å². The van der Waals surface area contributed by atoms with Crippen LogP contribution in [-0.2, 0) is 25.8 Å². The molecule has 5 heterocycles. The van der Waals surface area contributed by atoms with E-state index in [2.05, 4.69) is 52.2 Å². The third-order valence-corrected chi connectivity index (χ3v) is 11.2. The number of carboxylic acid groups (broad SMARTS) is 1. The highest BCUT2D eigenvalue weighted by Crippen LogP contribution is 2.41.